The first-order valence-corrected chi connectivity index (χ1v) is 2.90. The minimum Gasteiger partial charge on any atom is -0.344 e. The van der Waals surface area contributed by atoms with E-state index in [1.165, 1.54) is 6.42 Å². The second kappa shape index (κ2) is 1.32. The molecule has 1 nitrogen and oxygen atoms in total. The zero-order chi connectivity index (χ0) is 3.98. The summed E-state index contributed by atoms with van der Waals surface area (Å²) in [5.41, 5.74) is 1.57. The van der Waals surface area contributed by atoms with E-state index in [1.54, 1.807) is 10.4 Å². The van der Waals surface area contributed by atoms with Gasteiger partial charge in [0.05, 0.1) is 0 Å². The smallest absolute Gasteiger partial charge is 0.0125 e. The van der Waals surface area contributed by atoms with Gasteiger partial charge in [-0.05, 0) is 17.0 Å². The molecule has 0 saturated carbocycles. The zero-order valence-corrected chi connectivity index (χ0v) is 4.79. The third-order valence-corrected chi connectivity index (χ3v) is 2.03. The molecule has 0 unspecified atom stereocenters. The van der Waals surface area contributed by atoms with Gasteiger partial charge in [0.2, 0.25) is 0 Å². The van der Waals surface area contributed by atoms with E-state index in [1.807, 2.05) is 11.3 Å². The van der Waals surface area contributed by atoms with Crippen molar-refractivity contribution in [3.63, 3.8) is 0 Å². The van der Waals surface area contributed by atoms with Gasteiger partial charge in [0.15, 0.2) is 0 Å². The predicted molar refractivity (Wildman–Crippen MR) is 32.1 cm³/mol. The second-order valence-electron chi connectivity index (χ2n) is 1.55. The van der Waals surface area contributed by atoms with Crippen molar-refractivity contribution in [2.45, 2.75) is 6.42 Å². The number of thiophene rings is 1. The average Bonchev–Trinajstić information content (AvgIpc) is 2.17. The molecular weight excluding hydrogens is 106 g/mol. The van der Waals surface area contributed by atoms with Gasteiger partial charge in [-0.2, -0.15) is 0 Å². The standard InChI is InChI=1S/C5H4S.H3N/c1-2-6-5-3-4(1)5;/h1-2H,3H2;1H3. The number of hydrogen-bond acceptors (Lipinski definition) is 2. The SMILES string of the molecule is N.c1cc2c(s1)C2. The van der Waals surface area contributed by atoms with Crippen LogP contribution < -0.4 is 6.15 Å². The maximum Gasteiger partial charge on any atom is 0.0125 e. The molecule has 0 aliphatic heterocycles. The Morgan fingerprint density at radius 2 is 2.43 bits per heavy atom. The van der Waals surface area contributed by atoms with E-state index in [0.717, 1.165) is 0 Å². The lowest BCUT2D eigenvalue weighted by molar-refractivity contribution is 1.62. The van der Waals surface area contributed by atoms with Crippen LogP contribution in [0.25, 0.3) is 0 Å². The maximum absolute atomic E-state index is 2.19. The van der Waals surface area contributed by atoms with E-state index >= 15 is 0 Å². The Hall–Kier alpha value is -0.340. The van der Waals surface area contributed by atoms with Gasteiger partial charge in [-0.1, -0.05) is 0 Å². The highest BCUT2D eigenvalue weighted by Gasteiger charge is 2.15. The van der Waals surface area contributed by atoms with Crippen LogP contribution >= 0.6 is 11.3 Å². The molecule has 2 heteroatoms. The lowest BCUT2D eigenvalue weighted by atomic mass is 10.6. The van der Waals surface area contributed by atoms with Crippen LogP contribution in [-0.2, 0) is 6.42 Å². The highest BCUT2D eigenvalue weighted by Crippen LogP contribution is 2.32. The van der Waals surface area contributed by atoms with Gasteiger partial charge in [-0.3, -0.25) is 0 Å². The van der Waals surface area contributed by atoms with Crippen LogP contribution in [0.4, 0.5) is 0 Å². The van der Waals surface area contributed by atoms with E-state index in [0.29, 0.717) is 0 Å². The van der Waals surface area contributed by atoms with Crippen LogP contribution in [0.3, 0.4) is 0 Å². The molecular formula is C5H7NS. The number of fused-ring (bicyclic) bond motifs is 1. The van der Waals surface area contributed by atoms with Crippen LogP contribution in [-0.4, -0.2) is 0 Å². The molecule has 0 spiro atoms. The van der Waals surface area contributed by atoms with E-state index in [9.17, 15) is 0 Å². The summed E-state index contributed by atoms with van der Waals surface area (Å²) < 4.78 is 0. The monoisotopic (exact) mass is 113 g/mol. The molecule has 7 heavy (non-hydrogen) atoms. The highest BCUT2D eigenvalue weighted by molar-refractivity contribution is 7.10. The van der Waals surface area contributed by atoms with Crippen molar-refractivity contribution in [1.82, 2.24) is 6.15 Å². The molecule has 38 valence electrons. The summed E-state index contributed by atoms with van der Waals surface area (Å²) in [6.07, 6.45) is 1.29. The summed E-state index contributed by atoms with van der Waals surface area (Å²) in [4.78, 5) is 1.59. The van der Waals surface area contributed by atoms with Gasteiger partial charge in [0, 0.05) is 11.3 Å². The van der Waals surface area contributed by atoms with Crippen molar-refractivity contribution < 1.29 is 0 Å². The minimum atomic E-state index is 0. The van der Waals surface area contributed by atoms with E-state index in [2.05, 4.69) is 11.4 Å². The summed E-state index contributed by atoms with van der Waals surface area (Å²) in [5.74, 6) is 0. The third kappa shape index (κ3) is 0.558. The molecule has 2 rings (SSSR count). The Labute approximate surface area is 46.6 Å². The summed E-state index contributed by atoms with van der Waals surface area (Å²) >= 11 is 1.87. The first-order valence-electron chi connectivity index (χ1n) is 2.02. The quantitative estimate of drug-likeness (QED) is 0.555. The van der Waals surface area contributed by atoms with Gasteiger partial charge < -0.3 is 6.15 Å². The normalized spacial score (nSPS) is 12.0. The van der Waals surface area contributed by atoms with Crippen molar-refractivity contribution >= 4 is 11.3 Å². The van der Waals surface area contributed by atoms with E-state index < -0.39 is 0 Å². The van der Waals surface area contributed by atoms with Crippen LogP contribution in [0, 0.1) is 0 Å². The Bertz CT molecular complexity index is 152. The van der Waals surface area contributed by atoms with Crippen molar-refractivity contribution in [1.29, 1.82) is 0 Å². The summed E-state index contributed by atoms with van der Waals surface area (Å²) in [7, 11) is 0. The molecule has 0 fully saturated rings. The Kier molecular flexibility index (Phi) is 0.905. The van der Waals surface area contributed by atoms with Gasteiger partial charge in [-0.25, -0.2) is 0 Å². The van der Waals surface area contributed by atoms with Gasteiger partial charge in [0.25, 0.3) is 0 Å². The molecule has 0 aromatic carbocycles. The number of rotatable bonds is 0. The summed E-state index contributed by atoms with van der Waals surface area (Å²) in [6.45, 7) is 0. The molecule has 0 bridgehead atoms. The molecule has 3 N–H and O–H groups in total. The molecule has 0 amide bonds. The second-order valence-corrected chi connectivity index (χ2v) is 2.55. The van der Waals surface area contributed by atoms with E-state index in [-0.39, 0.29) is 6.15 Å². The molecule has 0 radical (unpaired) electrons. The van der Waals surface area contributed by atoms with E-state index in [4.69, 9.17) is 0 Å². The fourth-order valence-corrected chi connectivity index (χ4v) is 1.45. The number of hydrogen-bond donors (Lipinski definition) is 1. The van der Waals surface area contributed by atoms with Crippen molar-refractivity contribution in [2.75, 3.05) is 0 Å². The molecule has 1 aliphatic carbocycles. The highest BCUT2D eigenvalue weighted by atomic mass is 32.1. The van der Waals surface area contributed by atoms with Gasteiger partial charge >= 0.3 is 0 Å². The van der Waals surface area contributed by atoms with Crippen molar-refractivity contribution in [3.05, 3.63) is 21.9 Å². The topological polar surface area (TPSA) is 35.0 Å². The van der Waals surface area contributed by atoms with Crippen molar-refractivity contribution in [2.24, 2.45) is 0 Å². The van der Waals surface area contributed by atoms with Crippen LogP contribution in [0.2, 0.25) is 0 Å². The Morgan fingerprint density at radius 3 is 2.57 bits per heavy atom. The Morgan fingerprint density at radius 1 is 1.57 bits per heavy atom. The lowest BCUT2D eigenvalue weighted by Crippen LogP contribution is -1.37. The first-order chi connectivity index (χ1) is 2.97. The van der Waals surface area contributed by atoms with Crippen LogP contribution in [0.15, 0.2) is 11.4 Å². The fourth-order valence-electron chi connectivity index (χ4n) is 0.596. The first kappa shape index (κ1) is 4.81. The molecule has 1 aliphatic rings. The molecule has 1 aromatic rings. The van der Waals surface area contributed by atoms with Gasteiger partial charge in [-0.15, -0.1) is 11.3 Å². The summed E-state index contributed by atoms with van der Waals surface area (Å²) in [6, 6.07) is 2.19. The average molecular weight is 113 g/mol. The maximum atomic E-state index is 2.19. The molecule has 0 saturated heterocycles. The van der Waals surface area contributed by atoms with Crippen LogP contribution in [0.1, 0.15) is 10.4 Å². The molecule has 1 aromatic heterocycles. The zero-order valence-electron chi connectivity index (χ0n) is 3.98. The molecule has 0 atom stereocenters. The lowest BCUT2D eigenvalue weighted by Gasteiger charge is -1.56. The Balaban J connectivity index is 0.000000245. The molecule has 1 heterocycles. The summed E-state index contributed by atoms with van der Waals surface area (Å²) in [5, 5.41) is 2.15. The van der Waals surface area contributed by atoms with Crippen molar-refractivity contribution in [3.8, 4) is 0 Å². The third-order valence-electron chi connectivity index (χ3n) is 1.06. The fraction of sp³-hybridized carbons (Fsp3) is 0.200. The van der Waals surface area contributed by atoms with Gasteiger partial charge in [0.1, 0.15) is 0 Å². The minimum absolute atomic E-state index is 0. The largest absolute Gasteiger partial charge is 0.344 e. The predicted octanol–water partition coefficient (Wildman–Crippen LogP) is 1.81. The van der Waals surface area contributed by atoms with Crippen LogP contribution in [0.5, 0.6) is 0 Å².